The number of allylic oxidation sites excluding steroid dienone is 16. The number of rotatable bonds is 59. The van der Waals surface area contributed by atoms with E-state index in [1.807, 2.05) is 0 Å². The van der Waals surface area contributed by atoms with Crippen molar-refractivity contribution in [1.82, 2.24) is 0 Å². The van der Waals surface area contributed by atoms with Crippen molar-refractivity contribution in [3.8, 4) is 0 Å². The quantitative estimate of drug-likeness (QED) is 0.0261. The molecule has 0 aliphatic carbocycles. The number of hydrogen-bond acceptors (Lipinski definition) is 6. The molecule has 0 fully saturated rings. The van der Waals surface area contributed by atoms with Crippen LogP contribution in [0.25, 0.3) is 0 Å². The Morgan fingerprint density at radius 3 is 0.805 bits per heavy atom. The predicted octanol–water partition coefficient (Wildman–Crippen LogP) is 22.4. The molecular weight excluding hydrogens is 949 g/mol. The van der Waals surface area contributed by atoms with E-state index < -0.39 is 6.10 Å². The first-order valence-corrected chi connectivity index (χ1v) is 32.7. The molecule has 0 aromatic heterocycles. The summed E-state index contributed by atoms with van der Waals surface area (Å²) in [5.41, 5.74) is 0. The first kappa shape index (κ1) is 73.3. The molecule has 0 heterocycles. The molecule has 0 amide bonds. The fourth-order valence-electron chi connectivity index (χ4n) is 9.25. The zero-order valence-electron chi connectivity index (χ0n) is 50.7. The van der Waals surface area contributed by atoms with Gasteiger partial charge in [0, 0.05) is 19.3 Å². The van der Waals surface area contributed by atoms with Crippen LogP contribution >= 0.6 is 0 Å². The molecule has 6 heteroatoms. The van der Waals surface area contributed by atoms with Crippen molar-refractivity contribution in [1.29, 1.82) is 0 Å². The lowest BCUT2D eigenvalue weighted by atomic mass is 10.0. The Morgan fingerprint density at radius 1 is 0.273 bits per heavy atom. The Balaban J connectivity index is 4.36. The standard InChI is InChI=1S/C71H122O6/c1-4-7-10-13-16-19-22-25-28-30-32-33-34-35-36-37-39-40-43-46-49-52-55-58-61-64-70(73)76-67-68(66-75-69(72)63-60-57-54-51-48-45-42-27-24-21-18-15-12-9-6-3)77-71(74)65-62-59-56-53-50-47-44-41-38-31-29-26-23-20-17-14-11-8-5-2/h8-9,11-12,17-18,20-21,26-27,29,38,41-42,47,50,68H,4-7,10,13-16,19,22-25,28,30-37,39-40,43-46,48-49,51-67H2,1-3H3/b11-8-,12-9-,20-17-,21-18-,29-26-,41-38-,42-27-,50-47-. The summed E-state index contributed by atoms with van der Waals surface area (Å²) in [7, 11) is 0. The van der Waals surface area contributed by atoms with Gasteiger partial charge in [-0.3, -0.25) is 14.4 Å². The molecular formula is C71H122O6. The molecule has 0 saturated heterocycles. The molecule has 0 aromatic carbocycles. The van der Waals surface area contributed by atoms with E-state index in [0.29, 0.717) is 12.8 Å². The Bertz CT molecular complexity index is 1510. The fourth-order valence-corrected chi connectivity index (χ4v) is 9.25. The Labute approximate surface area is 477 Å². The van der Waals surface area contributed by atoms with Gasteiger partial charge in [0.2, 0.25) is 0 Å². The third-order valence-electron chi connectivity index (χ3n) is 14.1. The van der Waals surface area contributed by atoms with Crippen molar-refractivity contribution in [3.63, 3.8) is 0 Å². The molecule has 0 aliphatic heterocycles. The highest BCUT2D eigenvalue weighted by molar-refractivity contribution is 5.71. The van der Waals surface area contributed by atoms with E-state index in [0.717, 1.165) is 135 Å². The van der Waals surface area contributed by atoms with Gasteiger partial charge in [-0.2, -0.15) is 0 Å². The van der Waals surface area contributed by atoms with E-state index in [-0.39, 0.29) is 37.5 Å². The zero-order chi connectivity index (χ0) is 55.7. The van der Waals surface area contributed by atoms with E-state index >= 15 is 0 Å². The number of unbranched alkanes of at least 4 members (excludes halogenated alkanes) is 32. The summed E-state index contributed by atoms with van der Waals surface area (Å²) < 4.78 is 16.9. The van der Waals surface area contributed by atoms with Gasteiger partial charge in [-0.15, -0.1) is 0 Å². The van der Waals surface area contributed by atoms with Crippen molar-refractivity contribution in [2.75, 3.05) is 13.2 Å². The van der Waals surface area contributed by atoms with Crippen molar-refractivity contribution < 1.29 is 28.6 Å². The van der Waals surface area contributed by atoms with Crippen LogP contribution in [0.4, 0.5) is 0 Å². The topological polar surface area (TPSA) is 78.9 Å². The second kappa shape index (κ2) is 64.9. The molecule has 0 bridgehead atoms. The minimum Gasteiger partial charge on any atom is -0.462 e. The van der Waals surface area contributed by atoms with Gasteiger partial charge < -0.3 is 14.2 Å². The summed E-state index contributed by atoms with van der Waals surface area (Å²) in [6, 6.07) is 0. The van der Waals surface area contributed by atoms with Crippen molar-refractivity contribution in [2.24, 2.45) is 0 Å². The Morgan fingerprint density at radius 2 is 0.506 bits per heavy atom. The first-order chi connectivity index (χ1) is 38.0. The number of esters is 3. The molecule has 1 atom stereocenters. The molecule has 0 saturated carbocycles. The van der Waals surface area contributed by atoms with Crippen LogP contribution in [-0.4, -0.2) is 37.2 Å². The van der Waals surface area contributed by atoms with Gasteiger partial charge in [-0.1, -0.05) is 298 Å². The largest absolute Gasteiger partial charge is 0.462 e. The number of hydrogen-bond donors (Lipinski definition) is 0. The maximum atomic E-state index is 12.9. The van der Waals surface area contributed by atoms with Crippen LogP contribution in [0, 0.1) is 0 Å². The normalized spacial score (nSPS) is 12.7. The minimum absolute atomic E-state index is 0.0948. The second-order valence-electron chi connectivity index (χ2n) is 21.6. The maximum Gasteiger partial charge on any atom is 0.306 e. The first-order valence-electron chi connectivity index (χ1n) is 32.7. The zero-order valence-corrected chi connectivity index (χ0v) is 50.7. The van der Waals surface area contributed by atoms with Gasteiger partial charge in [-0.25, -0.2) is 0 Å². The molecule has 0 spiro atoms. The van der Waals surface area contributed by atoms with Crippen LogP contribution in [0.1, 0.15) is 316 Å². The number of ether oxygens (including phenoxy) is 3. The molecule has 0 aromatic rings. The summed E-state index contributed by atoms with van der Waals surface area (Å²) in [6.45, 7) is 6.41. The van der Waals surface area contributed by atoms with Crippen LogP contribution in [0.5, 0.6) is 0 Å². The van der Waals surface area contributed by atoms with E-state index in [1.165, 1.54) is 141 Å². The number of carbonyl (C=O) groups is 3. The van der Waals surface area contributed by atoms with Crippen LogP contribution in [0.2, 0.25) is 0 Å². The summed E-state index contributed by atoms with van der Waals surface area (Å²) in [5.74, 6) is -0.934. The van der Waals surface area contributed by atoms with E-state index in [1.54, 1.807) is 0 Å². The highest BCUT2D eigenvalue weighted by atomic mass is 16.6. The van der Waals surface area contributed by atoms with Gasteiger partial charge in [0.05, 0.1) is 0 Å². The molecule has 0 rings (SSSR count). The van der Waals surface area contributed by atoms with Gasteiger partial charge in [0.25, 0.3) is 0 Å². The third-order valence-corrected chi connectivity index (χ3v) is 14.1. The van der Waals surface area contributed by atoms with Gasteiger partial charge in [0.1, 0.15) is 13.2 Å². The Kier molecular flexibility index (Phi) is 61.8. The van der Waals surface area contributed by atoms with Crippen LogP contribution < -0.4 is 0 Å². The molecule has 442 valence electrons. The smallest absolute Gasteiger partial charge is 0.306 e. The van der Waals surface area contributed by atoms with Gasteiger partial charge in [-0.05, 0) is 96.3 Å². The summed E-state index contributed by atoms with van der Waals surface area (Å²) in [5, 5.41) is 0. The molecule has 0 N–H and O–H groups in total. The maximum absolute atomic E-state index is 12.9. The highest BCUT2D eigenvalue weighted by Gasteiger charge is 2.19. The molecule has 0 radical (unpaired) electrons. The van der Waals surface area contributed by atoms with E-state index in [4.69, 9.17) is 14.2 Å². The molecule has 1 unspecified atom stereocenters. The molecule has 0 aliphatic rings. The SMILES string of the molecule is CC/C=C\C/C=C\C/C=C\C/C=C\C/C=C\CCCCCC(=O)OC(COC(=O)CCCCCCC/C=C\C/C=C\C/C=C\CC)COC(=O)CCCCCCCCCCCCCCCCCCCCCCCCCCC. The predicted molar refractivity (Wildman–Crippen MR) is 334 cm³/mol. The lowest BCUT2D eigenvalue weighted by molar-refractivity contribution is -0.167. The van der Waals surface area contributed by atoms with Crippen molar-refractivity contribution in [2.45, 2.75) is 322 Å². The molecule has 6 nitrogen and oxygen atoms in total. The van der Waals surface area contributed by atoms with Gasteiger partial charge >= 0.3 is 17.9 Å². The average molecular weight is 1070 g/mol. The average Bonchev–Trinajstić information content (AvgIpc) is 3.43. The minimum atomic E-state index is -0.804. The van der Waals surface area contributed by atoms with Crippen LogP contribution in [0.3, 0.4) is 0 Å². The summed E-state index contributed by atoms with van der Waals surface area (Å²) in [6.07, 6.45) is 87.1. The fraction of sp³-hybridized carbons (Fsp3) is 0.732. The monoisotopic (exact) mass is 1070 g/mol. The second-order valence-corrected chi connectivity index (χ2v) is 21.6. The van der Waals surface area contributed by atoms with E-state index in [2.05, 4.69) is 118 Å². The number of carbonyl (C=O) groups excluding carboxylic acids is 3. The highest BCUT2D eigenvalue weighted by Crippen LogP contribution is 2.17. The molecule has 77 heavy (non-hydrogen) atoms. The van der Waals surface area contributed by atoms with Crippen molar-refractivity contribution >= 4 is 17.9 Å². The summed E-state index contributed by atoms with van der Waals surface area (Å²) >= 11 is 0. The summed E-state index contributed by atoms with van der Waals surface area (Å²) in [4.78, 5) is 38.3. The third kappa shape index (κ3) is 63.0. The van der Waals surface area contributed by atoms with Crippen LogP contribution in [-0.2, 0) is 28.6 Å². The van der Waals surface area contributed by atoms with Crippen molar-refractivity contribution in [3.05, 3.63) is 97.2 Å². The van der Waals surface area contributed by atoms with Gasteiger partial charge in [0.15, 0.2) is 6.10 Å². The Hall–Kier alpha value is -3.67. The van der Waals surface area contributed by atoms with E-state index in [9.17, 15) is 14.4 Å². The van der Waals surface area contributed by atoms with Crippen LogP contribution in [0.15, 0.2) is 97.2 Å². The lowest BCUT2D eigenvalue weighted by Crippen LogP contribution is -2.30. The lowest BCUT2D eigenvalue weighted by Gasteiger charge is -2.18.